The first-order chi connectivity index (χ1) is 18.8. The molecule has 8 heteroatoms. The van der Waals surface area contributed by atoms with Crippen LogP contribution in [0.5, 0.6) is 11.5 Å². The second kappa shape index (κ2) is 13.5. The van der Waals surface area contributed by atoms with Crippen LogP contribution in [0, 0.1) is 5.41 Å². The maximum Gasteiger partial charge on any atom is 0.243 e. The predicted molar refractivity (Wildman–Crippen MR) is 167 cm³/mol. The second-order valence-electron chi connectivity index (χ2n) is 12.7. The molecule has 0 saturated heterocycles. The molecule has 2 aromatic rings. The fourth-order valence-corrected chi connectivity index (χ4v) is 5.22. The summed E-state index contributed by atoms with van der Waals surface area (Å²) >= 11 is 5.71. The van der Waals surface area contributed by atoms with Gasteiger partial charge in [-0.05, 0) is 53.6 Å². The molecule has 1 fully saturated rings. The fourth-order valence-electron chi connectivity index (χ4n) is 4.96. The van der Waals surface area contributed by atoms with Crippen LogP contribution in [0.3, 0.4) is 0 Å². The summed E-state index contributed by atoms with van der Waals surface area (Å²) in [5.41, 5.74) is 1.90. The van der Waals surface area contributed by atoms with Crippen molar-refractivity contribution in [1.82, 2.24) is 16.0 Å². The highest BCUT2D eigenvalue weighted by atomic mass is 32.1. The highest BCUT2D eigenvalue weighted by Crippen LogP contribution is 2.36. The average molecular weight is 567 g/mol. The molecule has 1 amide bonds. The van der Waals surface area contributed by atoms with E-state index in [9.17, 15) is 9.90 Å². The number of phenolic OH excluding ortho intramolecular Hbond substituents is 1. The van der Waals surface area contributed by atoms with Gasteiger partial charge in [-0.2, -0.15) is 0 Å². The third-order valence-corrected chi connectivity index (χ3v) is 7.56. The first kappa shape index (κ1) is 31.4. The highest BCUT2D eigenvalue weighted by Gasteiger charge is 2.33. The zero-order valence-electron chi connectivity index (χ0n) is 25.0. The molecule has 1 aliphatic carbocycles. The van der Waals surface area contributed by atoms with Gasteiger partial charge in [0.2, 0.25) is 5.91 Å². The normalized spacial score (nSPS) is 18.7. The molecule has 1 aliphatic rings. The van der Waals surface area contributed by atoms with E-state index < -0.39 is 6.04 Å². The molecule has 3 atom stereocenters. The summed E-state index contributed by atoms with van der Waals surface area (Å²) in [6, 6.07) is 13.0. The molecule has 2 aromatic carbocycles. The van der Waals surface area contributed by atoms with Crippen LogP contribution < -0.4 is 20.7 Å². The number of ether oxygens (including phenoxy) is 1. The number of aromatic hydroxyl groups is 1. The van der Waals surface area contributed by atoms with E-state index >= 15 is 0 Å². The number of nitrogens with one attached hydrogen (secondary N) is 3. The van der Waals surface area contributed by atoms with Gasteiger partial charge in [-0.1, -0.05) is 84.7 Å². The Kier molecular flexibility index (Phi) is 10.6. The van der Waals surface area contributed by atoms with E-state index in [2.05, 4.69) is 36.7 Å². The minimum atomic E-state index is -0.508. The summed E-state index contributed by atoms with van der Waals surface area (Å²) < 4.78 is 5.49. The lowest BCUT2D eigenvalue weighted by Crippen LogP contribution is -2.58. The van der Waals surface area contributed by atoms with Crippen molar-refractivity contribution >= 4 is 29.5 Å². The second-order valence-corrected chi connectivity index (χ2v) is 13.1. The maximum atomic E-state index is 13.2. The van der Waals surface area contributed by atoms with Gasteiger partial charge in [0.15, 0.2) is 5.11 Å². The molecule has 218 valence electrons. The van der Waals surface area contributed by atoms with Crippen LogP contribution in [0.25, 0.3) is 0 Å². The molecule has 0 spiro atoms. The van der Waals surface area contributed by atoms with E-state index in [4.69, 9.17) is 21.9 Å². The third kappa shape index (κ3) is 8.68. The fraction of sp³-hybridized carbons (Fsp3) is 0.531. The Balaban J connectivity index is 1.71. The predicted octanol–water partition coefficient (Wildman–Crippen LogP) is 5.62. The van der Waals surface area contributed by atoms with Gasteiger partial charge in [0.25, 0.3) is 0 Å². The number of nitrogens with zero attached hydrogens (tertiary/aromatic N) is 1. The Morgan fingerprint density at radius 2 is 1.80 bits per heavy atom. The lowest BCUT2D eigenvalue weighted by Gasteiger charge is -2.34. The first-order valence-electron chi connectivity index (χ1n) is 14.1. The van der Waals surface area contributed by atoms with Crippen LogP contribution in [0.4, 0.5) is 0 Å². The zero-order chi connectivity index (χ0) is 29.5. The number of carbonyl (C=O) groups excluding carboxylic acids is 1. The monoisotopic (exact) mass is 566 g/mol. The summed E-state index contributed by atoms with van der Waals surface area (Å²) in [5, 5.41) is 21.2. The first-order valence-corrected chi connectivity index (χ1v) is 14.5. The van der Waals surface area contributed by atoms with Crippen LogP contribution in [0.15, 0.2) is 47.5 Å². The number of hydrogen-bond donors (Lipinski definition) is 4. The van der Waals surface area contributed by atoms with E-state index in [-0.39, 0.29) is 34.6 Å². The van der Waals surface area contributed by atoms with E-state index in [0.717, 1.165) is 36.8 Å². The van der Waals surface area contributed by atoms with E-state index in [1.165, 1.54) is 0 Å². The minimum absolute atomic E-state index is 0.0165. The Morgan fingerprint density at radius 3 is 2.42 bits per heavy atom. The number of phenols is 1. The quantitative estimate of drug-likeness (QED) is 0.245. The SMILES string of the molecule is COc1cc(C=NC2CCCCC2NC(=S)N[C@H](C(=O)NCc2ccccc2)C(C)(C)C)c(O)c(C(C)(C)C)c1. The molecular formula is C32H46N4O3S. The van der Waals surface area contributed by atoms with Crippen molar-refractivity contribution in [2.45, 2.75) is 97.3 Å². The van der Waals surface area contributed by atoms with Gasteiger partial charge in [-0.3, -0.25) is 9.79 Å². The van der Waals surface area contributed by atoms with Gasteiger partial charge < -0.3 is 25.8 Å². The molecule has 0 bridgehead atoms. The van der Waals surface area contributed by atoms with Crippen LogP contribution in [0.2, 0.25) is 0 Å². The Labute approximate surface area is 245 Å². The van der Waals surface area contributed by atoms with Gasteiger partial charge in [-0.25, -0.2) is 0 Å². The van der Waals surface area contributed by atoms with Gasteiger partial charge in [-0.15, -0.1) is 0 Å². The van der Waals surface area contributed by atoms with E-state index in [0.29, 0.717) is 23.0 Å². The van der Waals surface area contributed by atoms with Gasteiger partial charge in [0.1, 0.15) is 17.5 Å². The standard InChI is InChI=1S/C32H46N4O3S/c1-31(2,3)24-18-23(39-7)17-22(27(24)37)20-33-25-15-11-12-16-26(25)35-30(40)36-28(32(4,5)6)29(38)34-19-21-13-9-8-10-14-21/h8-10,13-14,17-18,20,25-26,28,37H,11-12,15-16,19H2,1-7H3,(H,34,38)(H2,35,36,40)/t25?,26?,28-/m1/s1. The lowest BCUT2D eigenvalue weighted by molar-refractivity contribution is -0.125. The van der Waals surface area contributed by atoms with Crippen LogP contribution in [0.1, 0.15) is 83.9 Å². The van der Waals surface area contributed by atoms with E-state index in [1.54, 1.807) is 13.3 Å². The number of rotatable bonds is 8. The number of thiocarbonyl (C=S) groups is 1. The van der Waals surface area contributed by atoms with Gasteiger partial charge in [0, 0.05) is 23.9 Å². The average Bonchev–Trinajstić information content (AvgIpc) is 2.90. The largest absolute Gasteiger partial charge is 0.507 e. The number of benzene rings is 2. The van der Waals surface area contributed by atoms with Crippen molar-refractivity contribution < 1.29 is 14.6 Å². The molecule has 2 unspecified atom stereocenters. The maximum absolute atomic E-state index is 13.2. The van der Waals surface area contributed by atoms with Crippen LogP contribution >= 0.6 is 12.2 Å². The Hall–Kier alpha value is -3.13. The molecule has 0 radical (unpaired) electrons. The number of methoxy groups -OCH3 is 1. The molecular weight excluding hydrogens is 520 g/mol. The van der Waals surface area contributed by atoms with Gasteiger partial charge >= 0.3 is 0 Å². The van der Waals surface area contributed by atoms with Gasteiger partial charge in [0.05, 0.1) is 19.2 Å². The molecule has 4 N–H and O–H groups in total. The topological polar surface area (TPSA) is 95.0 Å². The van der Waals surface area contributed by atoms with Crippen molar-refractivity contribution in [2.24, 2.45) is 10.4 Å². The number of aliphatic imine (C=N–C) groups is 1. The Bertz CT molecular complexity index is 1190. The molecule has 0 aromatic heterocycles. The molecule has 0 aliphatic heterocycles. The molecule has 1 saturated carbocycles. The highest BCUT2D eigenvalue weighted by molar-refractivity contribution is 7.80. The summed E-state index contributed by atoms with van der Waals surface area (Å²) in [7, 11) is 1.63. The molecule has 40 heavy (non-hydrogen) atoms. The smallest absolute Gasteiger partial charge is 0.243 e. The molecule has 3 rings (SSSR count). The summed E-state index contributed by atoms with van der Waals surface area (Å²) in [6.07, 6.45) is 5.73. The molecule has 0 heterocycles. The molecule has 7 nitrogen and oxygen atoms in total. The lowest BCUT2D eigenvalue weighted by atomic mass is 9.85. The van der Waals surface area contributed by atoms with Crippen molar-refractivity contribution in [1.29, 1.82) is 0 Å². The summed E-state index contributed by atoms with van der Waals surface area (Å²) in [4.78, 5) is 18.1. The minimum Gasteiger partial charge on any atom is -0.507 e. The van der Waals surface area contributed by atoms with Crippen molar-refractivity contribution in [2.75, 3.05) is 7.11 Å². The number of hydrogen-bond acceptors (Lipinski definition) is 5. The Morgan fingerprint density at radius 1 is 1.12 bits per heavy atom. The van der Waals surface area contributed by atoms with Crippen molar-refractivity contribution in [3.63, 3.8) is 0 Å². The zero-order valence-corrected chi connectivity index (χ0v) is 25.8. The summed E-state index contributed by atoms with van der Waals surface area (Å²) in [6.45, 7) is 12.7. The van der Waals surface area contributed by atoms with Crippen LogP contribution in [-0.4, -0.2) is 47.6 Å². The number of carbonyl (C=O) groups is 1. The third-order valence-electron chi connectivity index (χ3n) is 7.32. The van der Waals surface area contributed by atoms with Crippen molar-refractivity contribution in [3.05, 3.63) is 59.2 Å². The summed E-state index contributed by atoms with van der Waals surface area (Å²) in [5.74, 6) is 0.817. The van der Waals surface area contributed by atoms with E-state index in [1.807, 2.05) is 63.2 Å². The van der Waals surface area contributed by atoms with Crippen molar-refractivity contribution in [3.8, 4) is 11.5 Å². The van der Waals surface area contributed by atoms with Crippen LogP contribution in [-0.2, 0) is 16.8 Å². The number of amides is 1.